The Morgan fingerprint density at radius 3 is 2.77 bits per heavy atom. The number of imidazole rings is 1. The molecular formula is C26H27N7O2. The van der Waals surface area contributed by atoms with Crippen LogP contribution in [0.4, 0.5) is 11.6 Å². The summed E-state index contributed by atoms with van der Waals surface area (Å²) in [5.41, 5.74) is 2.16. The van der Waals surface area contributed by atoms with Crippen LogP contribution in [0.3, 0.4) is 0 Å². The van der Waals surface area contributed by atoms with Crippen molar-refractivity contribution in [3.05, 3.63) is 70.7 Å². The first kappa shape index (κ1) is 22.6. The van der Waals surface area contributed by atoms with E-state index >= 15 is 0 Å². The second-order valence-corrected chi connectivity index (χ2v) is 8.86. The minimum Gasteiger partial charge on any atom is -0.489 e. The molecule has 178 valence electrons. The van der Waals surface area contributed by atoms with Gasteiger partial charge in [-0.2, -0.15) is 4.98 Å². The van der Waals surface area contributed by atoms with Crippen LogP contribution in [-0.4, -0.2) is 55.2 Å². The predicted molar refractivity (Wildman–Crippen MR) is 135 cm³/mol. The Hall–Kier alpha value is -4.16. The van der Waals surface area contributed by atoms with Gasteiger partial charge < -0.3 is 19.5 Å². The summed E-state index contributed by atoms with van der Waals surface area (Å²) in [5, 5.41) is 3.91. The first-order chi connectivity index (χ1) is 17.0. The molecule has 0 aliphatic carbocycles. The van der Waals surface area contributed by atoms with E-state index in [1.807, 2.05) is 35.9 Å². The number of aromatic nitrogens is 5. The van der Waals surface area contributed by atoms with Gasteiger partial charge in [0.2, 0.25) is 5.95 Å². The van der Waals surface area contributed by atoms with Gasteiger partial charge in [-0.15, -0.1) is 6.42 Å². The van der Waals surface area contributed by atoms with Crippen molar-refractivity contribution in [2.45, 2.75) is 25.5 Å². The van der Waals surface area contributed by atoms with Crippen molar-refractivity contribution in [1.29, 1.82) is 0 Å². The highest BCUT2D eigenvalue weighted by Gasteiger charge is 2.18. The summed E-state index contributed by atoms with van der Waals surface area (Å²) in [6, 6.07) is 9.39. The fraction of sp³-hybridized carbons (Fsp3) is 0.308. The Bertz CT molecular complexity index is 1450. The molecule has 1 fully saturated rings. The summed E-state index contributed by atoms with van der Waals surface area (Å²) in [6.07, 6.45) is 13.1. The number of hydrogen-bond donors (Lipinski definition) is 1. The van der Waals surface area contributed by atoms with Crippen molar-refractivity contribution in [2.75, 3.05) is 25.5 Å². The largest absolute Gasteiger partial charge is 0.489 e. The Labute approximate surface area is 203 Å². The third-order valence-corrected chi connectivity index (χ3v) is 6.21. The molecule has 1 aromatic carbocycles. The van der Waals surface area contributed by atoms with E-state index < -0.39 is 0 Å². The van der Waals surface area contributed by atoms with Crippen molar-refractivity contribution < 1.29 is 4.74 Å². The van der Waals surface area contributed by atoms with Gasteiger partial charge in [0.1, 0.15) is 17.5 Å². The molecular weight excluding hydrogens is 442 g/mol. The van der Waals surface area contributed by atoms with Gasteiger partial charge in [-0.3, -0.25) is 9.36 Å². The number of benzene rings is 1. The molecule has 35 heavy (non-hydrogen) atoms. The fourth-order valence-electron chi connectivity index (χ4n) is 4.32. The summed E-state index contributed by atoms with van der Waals surface area (Å²) < 4.78 is 9.56. The van der Waals surface area contributed by atoms with E-state index in [2.05, 4.69) is 38.1 Å². The number of piperidine rings is 1. The van der Waals surface area contributed by atoms with Gasteiger partial charge in [0.15, 0.2) is 0 Å². The van der Waals surface area contributed by atoms with Crippen molar-refractivity contribution >= 4 is 22.7 Å². The molecule has 9 heteroatoms. The Balaban J connectivity index is 1.40. The summed E-state index contributed by atoms with van der Waals surface area (Å²) in [6.45, 7) is 2.35. The number of hydrogen-bond acceptors (Lipinski definition) is 7. The number of pyridine rings is 1. The number of fused-ring (bicyclic) bond motifs is 1. The molecule has 0 bridgehead atoms. The number of likely N-dealkylation sites (N-methyl/N-ethyl adjacent to an activating group) is 1. The Morgan fingerprint density at radius 1 is 1.23 bits per heavy atom. The number of nitrogens with one attached hydrogen (secondary N) is 1. The van der Waals surface area contributed by atoms with Crippen LogP contribution in [0, 0.1) is 12.3 Å². The second kappa shape index (κ2) is 9.60. The van der Waals surface area contributed by atoms with Gasteiger partial charge in [0.25, 0.3) is 5.56 Å². The average molecular weight is 470 g/mol. The predicted octanol–water partition coefficient (Wildman–Crippen LogP) is 2.77. The standard InChI is InChI=1S/C26H27N7O2/c1-4-18-12-19-13-28-26(30-24(19)33(25(18)34)15-21-14-27-17-32(21)3)29-20-7-9-22(10-8-20)35-23-6-5-11-31(2)16-23/h1,7-10,12-14,17,23H,5-6,11,15-16H2,2-3H3,(H,28,29,30). The van der Waals surface area contributed by atoms with Crippen LogP contribution in [0.1, 0.15) is 24.1 Å². The quantitative estimate of drug-likeness (QED) is 0.434. The summed E-state index contributed by atoms with van der Waals surface area (Å²) >= 11 is 0. The normalized spacial score (nSPS) is 16.2. The van der Waals surface area contributed by atoms with Crippen LogP contribution in [-0.2, 0) is 13.6 Å². The molecule has 0 spiro atoms. The molecule has 9 nitrogen and oxygen atoms in total. The summed E-state index contributed by atoms with van der Waals surface area (Å²) in [7, 11) is 4.00. The summed E-state index contributed by atoms with van der Waals surface area (Å²) in [5.74, 6) is 3.69. The third-order valence-electron chi connectivity index (χ3n) is 6.21. The number of nitrogens with zero attached hydrogens (tertiary/aromatic N) is 6. The lowest BCUT2D eigenvalue weighted by molar-refractivity contribution is 0.104. The lowest BCUT2D eigenvalue weighted by Crippen LogP contribution is -2.38. The molecule has 0 saturated carbocycles. The van der Waals surface area contributed by atoms with Gasteiger partial charge in [-0.1, -0.05) is 5.92 Å². The molecule has 1 aliphatic rings. The average Bonchev–Trinajstić information content (AvgIpc) is 3.26. The zero-order valence-corrected chi connectivity index (χ0v) is 19.8. The highest BCUT2D eigenvalue weighted by Crippen LogP contribution is 2.22. The van der Waals surface area contributed by atoms with Crippen LogP contribution in [0.2, 0.25) is 0 Å². The second-order valence-electron chi connectivity index (χ2n) is 8.86. The number of terminal acetylenes is 1. The third kappa shape index (κ3) is 4.88. The molecule has 1 atom stereocenters. The Morgan fingerprint density at radius 2 is 2.06 bits per heavy atom. The first-order valence-corrected chi connectivity index (χ1v) is 11.5. The SMILES string of the molecule is C#Cc1cc2cnc(Nc3ccc(OC4CCCN(C)C4)cc3)nc2n(Cc2cncn2C)c1=O. The molecule has 0 amide bonds. The van der Waals surface area contributed by atoms with Crippen LogP contribution in [0.25, 0.3) is 11.0 Å². The van der Waals surface area contributed by atoms with E-state index in [0.29, 0.717) is 23.5 Å². The van der Waals surface area contributed by atoms with Gasteiger partial charge in [0, 0.05) is 37.1 Å². The van der Waals surface area contributed by atoms with Gasteiger partial charge >= 0.3 is 0 Å². The molecule has 3 aromatic heterocycles. The Kier molecular flexibility index (Phi) is 6.21. The van der Waals surface area contributed by atoms with E-state index in [1.165, 1.54) is 0 Å². The number of ether oxygens (including phenoxy) is 1. The summed E-state index contributed by atoms with van der Waals surface area (Å²) in [4.78, 5) is 28.5. The van der Waals surface area contributed by atoms with Gasteiger partial charge in [0.05, 0.1) is 24.1 Å². The van der Waals surface area contributed by atoms with E-state index in [9.17, 15) is 4.79 Å². The first-order valence-electron chi connectivity index (χ1n) is 11.5. The minimum atomic E-state index is -0.277. The number of anilines is 2. The van der Waals surface area contributed by atoms with Crippen molar-refractivity contribution in [1.82, 2.24) is 29.0 Å². The van der Waals surface area contributed by atoms with E-state index in [0.717, 1.165) is 43.1 Å². The molecule has 1 aliphatic heterocycles. The van der Waals surface area contributed by atoms with Gasteiger partial charge in [-0.05, 0) is 56.8 Å². The maximum absolute atomic E-state index is 13.0. The molecule has 4 heterocycles. The number of rotatable bonds is 6. The van der Waals surface area contributed by atoms with Crippen molar-refractivity contribution in [3.63, 3.8) is 0 Å². The van der Waals surface area contributed by atoms with Crippen LogP contribution in [0.5, 0.6) is 5.75 Å². The van der Waals surface area contributed by atoms with E-state index in [1.54, 1.807) is 29.4 Å². The minimum absolute atomic E-state index is 0.209. The zero-order valence-electron chi connectivity index (χ0n) is 19.8. The molecule has 5 rings (SSSR count). The highest BCUT2D eigenvalue weighted by atomic mass is 16.5. The lowest BCUT2D eigenvalue weighted by Gasteiger charge is -2.30. The molecule has 4 aromatic rings. The van der Waals surface area contributed by atoms with Gasteiger partial charge in [-0.25, -0.2) is 9.97 Å². The van der Waals surface area contributed by atoms with Crippen molar-refractivity contribution in [2.24, 2.45) is 7.05 Å². The van der Waals surface area contributed by atoms with Crippen LogP contribution >= 0.6 is 0 Å². The van der Waals surface area contributed by atoms with Crippen LogP contribution in [0.15, 0.2) is 53.8 Å². The maximum atomic E-state index is 13.0. The molecule has 1 unspecified atom stereocenters. The molecule has 1 saturated heterocycles. The lowest BCUT2D eigenvalue weighted by atomic mass is 10.1. The van der Waals surface area contributed by atoms with E-state index in [-0.39, 0.29) is 17.2 Å². The smallest absolute Gasteiger partial charge is 0.268 e. The van der Waals surface area contributed by atoms with E-state index in [4.69, 9.17) is 11.2 Å². The fourth-order valence-corrected chi connectivity index (χ4v) is 4.32. The molecule has 0 radical (unpaired) electrons. The number of likely N-dealkylation sites (tertiary alicyclic amines) is 1. The highest BCUT2D eigenvalue weighted by molar-refractivity contribution is 5.77. The topological polar surface area (TPSA) is 90.1 Å². The van der Waals surface area contributed by atoms with Crippen molar-refractivity contribution in [3.8, 4) is 18.1 Å². The zero-order chi connectivity index (χ0) is 24.4. The monoisotopic (exact) mass is 469 g/mol. The molecule has 1 N–H and O–H groups in total. The van der Waals surface area contributed by atoms with Crippen LogP contribution < -0.4 is 15.6 Å². The maximum Gasteiger partial charge on any atom is 0.268 e. The number of aryl methyl sites for hydroxylation is 1.